The van der Waals surface area contributed by atoms with Crippen molar-refractivity contribution in [3.63, 3.8) is 0 Å². The first kappa shape index (κ1) is 17.8. The van der Waals surface area contributed by atoms with E-state index < -0.39 is 0 Å². The molecule has 0 atom stereocenters. The second-order valence-corrected chi connectivity index (χ2v) is 8.93. The summed E-state index contributed by atoms with van der Waals surface area (Å²) in [5.41, 5.74) is 8.68. The van der Waals surface area contributed by atoms with Gasteiger partial charge < -0.3 is 0 Å². The molecule has 2 aliphatic rings. The van der Waals surface area contributed by atoms with Crippen LogP contribution >= 0.6 is 11.8 Å². The van der Waals surface area contributed by atoms with E-state index in [1.807, 2.05) is 0 Å². The molecule has 3 aromatic carbocycles. The van der Waals surface area contributed by atoms with Gasteiger partial charge in [-0.15, -0.1) is 11.8 Å². The van der Waals surface area contributed by atoms with Crippen LogP contribution in [0.2, 0.25) is 0 Å². The van der Waals surface area contributed by atoms with E-state index in [1.165, 1.54) is 64.8 Å². The van der Waals surface area contributed by atoms with Crippen LogP contribution in [0, 0.1) is 0 Å². The predicted octanol–water partition coefficient (Wildman–Crippen LogP) is 7.69. The predicted molar refractivity (Wildman–Crippen MR) is 123 cm³/mol. The number of allylic oxidation sites excluding steroid dienone is 2. The van der Waals surface area contributed by atoms with Crippen molar-refractivity contribution in [3.05, 3.63) is 100 Å². The lowest BCUT2D eigenvalue weighted by molar-refractivity contribution is 0.707. The molecule has 0 radical (unpaired) electrons. The van der Waals surface area contributed by atoms with Gasteiger partial charge in [-0.3, -0.25) is 0 Å². The summed E-state index contributed by atoms with van der Waals surface area (Å²) in [6.07, 6.45) is 5.30. The van der Waals surface area contributed by atoms with Crippen LogP contribution in [0.5, 0.6) is 0 Å². The fraction of sp³-hybridized carbons (Fsp3) is 0.259. The Balaban J connectivity index is 1.58. The van der Waals surface area contributed by atoms with E-state index in [9.17, 15) is 0 Å². The fourth-order valence-corrected chi connectivity index (χ4v) is 6.30. The van der Waals surface area contributed by atoms with Crippen LogP contribution < -0.4 is 0 Å². The molecule has 1 spiro atoms. The quantitative estimate of drug-likeness (QED) is 0.377. The Hall–Kier alpha value is -2.25. The van der Waals surface area contributed by atoms with Crippen LogP contribution in [-0.4, -0.2) is 5.75 Å². The first-order chi connectivity index (χ1) is 13.9. The molecule has 0 saturated heterocycles. The highest BCUT2D eigenvalue weighted by molar-refractivity contribution is 8.03. The molecule has 0 bridgehead atoms. The maximum Gasteiger partial charge on any atom is 0.0790 e. The molecule has 0 amide bonds. The molecular formula is C27H26S. The van der Waals surface area contributed by atoms with Crippen molar-refractivity contribution < 1.29 is 0 Å². The van der Waals surface area contributed by atoms with Gasteiger partial charge >= 0.3 is 0 Å². The second-order valence-electron chi connectivity index (χ2n) is 7.82. The van der Waals surface area contributed by atoms with E-state index in [2.05, 4.69) is 97.5 Å². The van der Waals surface area contributed by atoms with Gasteiger partial charge in [-0.1, -0.05) is 105 Å². The Kier molecular flexibility index (Phi) is 4.64. The van der Waals surface area contributed by atoms with Crippen LogP contribution in [0.1, 0.15) is 49.3 Å². The van der Waals surface area contributed by atoms with E-state index >= 15 is 0 Å². The molecule has 0 aliphatic heterocycles. The van der Waals surface area contributed by atoms with Gasteiger partial charge in [0.2, 0.25) is 0 Å². The summed E-state index contributed by atoms with van der Waals surface area (Å²) < 4.78 is 0. The number of rotatable bonds is 7. The number of fused-ring (bicyclic) bond motifs is 5. The summed E-state index contributed by atoms with van der Waals surface area (Å²) in [4.78, 5) is 1.58. The highest BCUT2D eigenvalue weighted by atomic mass is 32.2. The molecular weight excluding hydrogens is 356 g/mol. The highest BCUT2D eigenvalue weighted by Gasteiger charge is 2.60. The van der Waals surface area contributed by atoms with Gasteiger partial charge in [-0.25, -0.2) is 0 Å². The number of thioether (sulfide) groups is 1. The average molecular weight is 383 g/mol. The smallest absolute Gasteiger partial charge is 0.0790 e. The largest absolute Gasteiger partial charge is 0.129 e. The van der Waals surface area contributed by atoms with Gasteiger partial charge in [-0.2, -0.15) is 0 Å². The van der Waals surface area contributed by atoms with Crippen LogP contribution in [0.15, 0.2) is 83.8 Å². The average Bonchev–Trinajstić information content (AvgIpc) is 3.33. The summed E-state index contributed by atoms with van der Waals surface area (Å²) in [5.74, 6) is 1.22. The molecule has 0 heterocycles. The molecule has 3 aromatic rings. The first-order valence-corrected chi connectivity index (χ1v) is 11.5. The summed E-state index contributed by atoms with van der Waals surface area (Å²) in [6.45, 7) is 2.28. The monoisotopic (exact) mass is 382 g/mol. The number of unbranched alkanes of at least 4 members (excludes halogenated alkanes) is 3. The summed E-state index contributed by atoms with van der Waals surface area (Å²) >= 11 is 2.10. The number of hydrogen-bond donors (Lipinski definition) is 0. The summed E-state index contributed by atoms with van der Waals surface area (Å²) in [5, 5.41) is 0. The third-order valence-electron chi connectivity index (χ3n) is 6.14. The third-order valence-corrected chi connectivity index (χ3v) is 7.43. The van der Waals surface area contributed by atoms with Crippen molar-refractivity contribution in [2.75, 3.05) is 5.75 Å². The molecule has 5 rings (SSSR count). The Labute approximate surface area is 172 Å². The van der Waals surface area contributed by atoms with Gasteiger partial charge in [0.05, 0.1) is 5.41 Å². The first-order valence-electron chi connectivity index (χ1n) is 10.5. The zero-order valence-corrected chi connectivity index (χ0v) is 17.3. The molecule has 1 heteroatoms. The Morgan fingerprint density at radius 1 is 0.679 bits per heavy atom. The fourth-order valence-electron chi connectivity index (χ4n) is 4.84. The molecule has 28 heavy (non-hydrogen) atoms. The van der Waals surface area contributed by atoms with E-state index in [-0.39, 0.29) is 5.41 Å². The Morgan fingerprint density at radius 3 is 1.93 bits per heavy atom. The molecule has 0 N–H and O–H groups in total. The third kappa shape index (κ3) is 2.60. The molecule has 0 unspecified atom stereocenters. The Bertz CT molecular complexity index is 983. The van der Waals surface area contributed by atoms with Gasteiger partial charge in [0, 0.05) is 4.91 Å². The summed E-state index contributed by atoms with van der Waals surface area (Å²) in [7, 11) is 0. The SMILES string of the molecule is CCCCCCSC1=C(c2ccccc2)C12c1ccccc1-c1ccccc12. The minimum atomic E-state index is -0.00996. The van der Waals surface area contributed by atoms with E-state index in [1.54, 1.807) is 4.91 Å². The van der Waals surface area contributed by atoms with E-state index in [0.717, 1.165) is 0 Å². The maximum absolute atomic E-state index is 2.35. The molecule has 2 aliphatic carbocycles. The van der Waals surface area contributed by atoms with Crippen molar-refractivity contribution in [1.82, 2.24) is 0 Å². The van der Waals surface area contributed by atoms with Crippen molar-refractivity contribution in [3.8, 4) is 11.1 Å². The highest BCUT2D eigenvalue weighted by Crippen LogP contribution is 2.72. The van der Waals surface area contributed by atoms with Crippen molar-refractivity contribution >= 4 is 17.3 Å². The lowest BCUT2D eigenvalue weighted by atomic mass is 9.86. The normalized spacial score (nSPS) is 15.6. The van der Waals surface area contributed by atoms with Gasteiger partial charge in [0.15, 0.2) is 0 Å². The lowest BCUT2D eigenvalue weighted by Crippen LogP contribution is -2.11. The number of hydrogen-bond acceptors (Lipinski definition) is 1. The van der Waals surface area contributed by atoms with E-state index in [0.29, 0.717) is 0 Å². The van der Waals surface area contributed by atoms with Gasteiger partial charge in [0.1, 0.15) is 0 Å². The standard InChI is InChI=1S/C27H26S/c1-2-3-4-12-19-28-26-25(20-13-6-5-7-14-20)27(26)23-17-10-8-15-21(23)22-16-9-11-18-24(22)27/h5-11,13-18H,2-4,12,19H2,1H3. The van der Waals surface area contributed by atoms with Crippen LogP contribution in [-0.2, 0) is 5.41 Å². The van der Waals surface area contributed by atoms with Crippen LogP contribution in [0.25, 0.3) is 16.7 Å². The molecule has 0 aromatic heterocycles. The molecule has 140 valence electrons. The second kappa shape index (κ2) is 7.29. The zero-order chi connectivity index (χ0) is 19.0. The van der Waals surface area contributed by atoms with Crippen molar-refractivity contribution in [2.24, 2.45) is 0 Å². The minimum Gasteiger partial charge on any atom is -0.129 e. The lowest BCUT2D eigenvalue weighted by Gasteiger charge is -2.17. The van der Waals surface area contributed by atoms with Crippen molar-refractivity contribution in [1.29, 1.82) is 0 Å². The van der Waals surface area contributed by atoms with Crippen LogP contribution in [0.3, 0.4) is 0 Å². The topological polar surface area (TPSA) is 0 Å². The summed E-state index contributed by atoms with van der Waals surface area (Å²) in [6, 6.07) is 29.1. The zero-order valence-electron chi connectivity index (χ0n) is 16.4. The maximum atomic E-state index is 2.35. The van der Waals surface area contributed by atoms with Crippen LogP contribution in [0.4, 0.5) is 0 Å². The minimum absolute atomic E-state index is 0.00996. The molecule has 0 fully saturated rings. The Morgan fingerprint density at radius 2 is 1.29 bits per heavy atom. The van der Waals surface area contributed by atoms with Gasteiger partial charge in [0.25, 0.3) is 0 Å². The van der Waals surface area contributed by atoms with Gasteiger partial charge in [-0.05, 0) is 45.6 Å². The molecule has 0 nitrogen and oxygen atoms in total. The number of benzene rings is 3. The van der Waals surface area contributed by atoms with Crippen molar-refractivity contribution in [2.45, 2.75) is 38.0 Å². The van der Waals surface area contributed by atoms with E-state index in [4.69, 9.17) is 0 Å². The molecule has 0 saturated carbocycles.